The zero-order valence-corrected chi connectivity index (χ0v) is 20.0. The van der Waals surface area contributed by atoms with Gasteiger partial charge in [-0.3, -0.25) is 0 Å². The number of hydrogen-bond acceptors (Lipinski definition) is 5. The van der Waals surface area contributed by atoms with Crippen molar-refractivity contribution < 1.29 is 20.1 Å². The fourth-order valence-corrected chi connectivity index (χ4v) is 4.43. The molecule has 4 aromatic rings. The van der Waals surface area contributed by atoms with Crippen molar-refractivity contribution in [3.05, 3.63) is 94.5 Å². The number of anilines is 3. The molecule has 0 fully saturated rings. The highest BCUT2D eigenvalue weighted by Gasteiger charge is 2.21. The molecular weight excluding hydrogens is 426 g/mol. The Hall–Kier alpha value is -4.12. The summed E-state index contributed by atoms with van der Waals surface area (Å²) in [7, 11) is 0. The van der Waals surface area contributed by atoms with E-state index in [0.29, 0.717) is 11.5 Å². The normalized spacial score (nSPS) is 10.9. The summed E-state index contributed by atoms with van der Waals surface area (Å²) in [6, 6.07) is 19.9. The molecule has 0 aliphatic heterocycles. The zero-order valence-electron chi connectivity index (χ0n) is 20.0. The number of hydrogen-bond donors (Lipinski definition) is 3. The molecule has 4 rings (SSSR count). The third kappa shape index (κ3) is 4.50. The van der Waals surface area contributed by atoms with E-state index in [1.165, 1.54) is 0 Å². The molecule has 34 heavy (non-hydrogen) atoms. The predicted octanol–water partition coefficient (Wildman–Crippen LogP) is 7.61. The second-order valence-electron chi connectivity index (χ2n) is 8.74. The fourth-order valence-electron chi connectivity index (χ4n) is 4.43. The van der Waals surface area contributed by atoms with E-state index in [9.17, 15) is 15.3 Å². The Balaban J connectivity index is 1.81. The van der Waals surface area contributed by atoms with Crippen LogP contribution in [0, 0.1) is 34.6 Å². The van der Waals surface area contributed by atoms with Crippen LogP contribution in [0.4, 0.5) is 17.1 Å². The topological polar surface area (TPSA) is 73.2 Å². The van der Waals surface area contributed by atoms with Crippen LogP contribution in [0.5, 0.6) is 28.7 Å². The van der Waals surface area contributed by atoms with Crippen molar-refractivity contribution in [3.63, 3.8) is 0 Å². The Morgan fingerprint density at radius 3 is 1.41 bits per heavy atom. The maximum Gasteiger partial charge on any atom is 0.127 e. The molecule has 3 N–H and O–H groups in total. The van der Waals surface area contributed by atoms with Gasteiger partial charge < -0.3 is 25.0 Å². The molecule has 0 unspecified atom stereocenters. The largest absolute Gasteiger partial charge is 0.508 e. The average molecular weight is 456 g/mol. The minimum atomic E-state index is 0.228. The van der Waals surface area contributed by atoms with Crippen molar-refractivity contribution in [1.82, 2.24) is 0 Å². The molecule has 5 nitrogen and oxygen atoms in total. The van der Waals surface area contributed by atoms with Gasteiger partial charge in [-0.15, -0.1) is 0 Å². The maximum atomic E-state index is 10.1. The van der Waals surface area contributed by atoms with Gasteiger partial charge in [0, 0.05) is 5.69 Å². The van der Waals surface area contributed by atoms with Gasteiger partial charge in [0.25, 0.3) is 0 Å². The minimum Gasteiger partial charge on any atom is -0.508 e. The molecule has 0 saturated heterocycles. The first-order valence-corrected chi connectivity index (χ1v) is 11.1. The molecule has 0 aliphatic rings. The highest BCUT2D eigenvalue weighted by Crippen LogP contribution is 2.44. The summed E-state index contributed by atoms with van der Waals surface area (Å²) >= 11 is 0. The van der Waals surface area contributed by atoms with Gasteiger partial charge in [-0.25, -0.2) is 0 Å². The summed E-state index contributed by atoms with van der Waals surface area (Å²) in [5, 5.41) is 30.0. The van der Waals surface area contributed by atoms with E-state index in [-0.39, 0.29) is 17.2 Å². The number of rotatable bonds is 5. The summed E-state index contributed by atoms with van der Waals surface area (Å²) in [4.78, 5) is 2.16. The van der Waals surface area contributed by atoms with E-state index in [2.05, 4.69) is 4.90 Å². The Kier molecular flexibility index (Phi) is 6.12. The predicted molar refractivity (Wildman–Crippen MR) is 136 cm³/mol. The van der Waals surface area contributed by atoms with Gasteiger partial charge in [-0.05, 0) is 129 Å². The quantitative estimate of drug-likeness (QED) is 0.289. The minimum absolute atomic E-state index is 0.228. The zero-order chi connectivity index (χ0) is 24.6. The summed E-state index contributed by atoms with van der Waals surface area (Å²) in [6.07, 6.45) is 0. The van der Waals surface area contributed by atoms with Gasteiger partial charge in [-0.2, -0.15) is 0 Å². The van der Waals surface area contributed by atoms with Crippen LogP contribution in [0.2, 0.25) is 0 Å². The Morgan fingerprint density at radius 2 is 0.971 bits per heavy atom. The van der Waals surface area contributed by atoms with Crippen LogP contribution in [0.25, 0.3) is 0 Å². The van der Waals surface area contributed by atoms with Crippen molar-refractivity contribution in [1.29, 1.82) is 0 Å². The van der Waals surface area contributed by atoms with Crippen LogP contribution >= 0.6 is 0 Å². The maximum absolute atomic E-state index is 10.1. The first-order valence-electron chi connectivity index (χ1n) is 11.1. The van der Waals surface area contributed by atoms with Gasteiger partial charge >= 0.3 is 0 Å². The van der Waals surface area contributed by atoms with Gasteiger partial charge in [0.1, 0.15) is 28.7 Å². The van der Waals surface area contributed by atoms with Crippen LogP contribution < -0.4 is 9.64 Å². The standard InChI is InChI=1S/C29H29NO4/c1-17-16-26(10-11-27(17)33)34-25-8-6-22(7-9-25)30(28-18(2)12-23(31)13-19(28)3)29-20(4)14-24(32)15-21(29)5/h6-16,31-33H,1-5H3. The van der Waals surface area contributed by atoms with Crippen LogP contribution in [0.15, 0.2) is 66.7 Å². The van der Waals surface area contributed by atoms with Crippen LogP contribution in [-0.2, 0) is 0 Å². The average Bonchev–Trinajstić information content (AvgIpc) is 2.74. The van der Waals surface area contributed by atoms with Crippen molar-refractivity contribution in [3.8, 4) is 28.7 Å². The van der Waals surface area contributed by atoms with Gasteiger partial charge in [-0.1, -0.05) is 0 Å². The molecule has 0 aliphatic carbocycles. The molecule has 5 heteroatoms. The second kappa shape index (κ2) is 9.02. The van der Waals surface area contributed by atoms with Gasteiger partial charge in [0.2, 0.25) is 0 Å². The lowest BCUT2D eigenvalue weighted by Crippen LogP contribution is -2.15. The van der Waals surface area contributed by atoms with E-state index >= 15 is 0 Å². The van der Waals surface area contributed by atoms with E-state index in [0.717, 1.165) is 44.9 Å². The molecular formula is C29H29NO4. The van der Waals surface area contributed by atoms with Crippen molar-refractivity contribution >= 4 is 17.1 Å². The third-order valence-electron chi connectivity index (χ3n) is 5.90. The number of ether oxygens (including phenoxy) is 1. The highest BCUT2D eigenvalue weighted by atomic mass is 16.5. The first-order chi connectivity index (χ1) is 16.1. The van der Waals surface area contributed by atoms with Crippen LogP contribution in [0.3, 0.4) is 0 Å². The molecule has 0 aromatic heterocycles. The number of benzene rings is 4. The smallest absolute Gasteiger partial charge is 0.127 e. The lowest BCUT2D eigenvalue weighted by Gasteiger charge is -2.31. The lowest BCUT2D eigenvalue weighted by atomic mass is 10.0. The number of aryl methyl sites for hydroxylation is 5. The van der Waals surface area contributed by atoms with Crippen molar-refractivity contribution in [2.24, 2.45) is 0 Å². The van der Waals surface area contributed by atoms with Crippen molar-refractivity contribution in [2.45, 2.75) is 34.6 Å². The third-order valence-corrected chi connectivity index (χ3v) is 5.90. The van der Waals surface area contributed by atoms with E-state index < -0.39 is 0 Å². The monoisotopic (exact) mass is 455 g/mol. The summed E-state index contributed by atoms with van der Waals surface area (Å²) in [5.41, 5.74) is 7.34. The number of aromatic hydroxyl groups is 3. The molecule has 0 spiro atoms. The molecule has 174 valence electrons. The second-order valence-corrected chi connectivity index (χ2v) is 8.74. The van der Waals surface area contributed by atoms with E-state index in [1.54, 1.807) is 42.5 Å². The SMILES string of the molecule is Cc1cc(Oc2ccc(N(c3c(C)cc(O)cc3C)c3c(C)cc(O)cc3C)cc2)ccc1O. The number of nitrogens with zero attached hydrogens (tertiary/aromatic N) is 1. The van der Waals surface area contributed by atoms with Gasteiger partial charge in [0.05, 0.1) is 11.4 Å². The van der Waals surface area contributed by atoms with E-state index in [4.69, 9.17) is 4.74 Å². The fraction of sp³-hybridized carbons (Fsp3) is 0.172. The Labute approximate surface area is 200 Å². The number of phenolic OH excluding ortho intramolecular Hbond substituents is 3. The molecule has 0 bridgehead atoms. The molecule has 0 radical (unpaired) electrons. The molecule has 0 amide bonds. The van der Waals surface area contributed by atoms with Crippen LogP contribution in [-0.4, -0.2) is 15.3 Å². The molecule has 0 heterocycles. The summed E-state index contributed by atoms with van der Waals surface area (Å²) in [6.45, 7) is 9.73. The molecule has 0 atom stereocenters. The molecule has 4 aromatic carbocycles. The Bertz CT molecular complexity index is 1260. The van der Waals surface area contributed by atoms with Crippen molar-refractivity contribution in [2.75, 3.05) is 4.90 Å². The Morgan fingerprint density at radius 1 is 0.529 bits per heavy atom. The van der Waals surface area contributed by atoms with Gasteiger partial charge in [0.15, 0.2) is 0 Å². The summed E-state index contributed by atoms with van der Waals surface area (Å²) < 4.78 is 5.99. The van der Waals surface area contributed by atoms with Crippen LogP contribution in [0.1, 0.15) is 27.8 Å². The summed E-state index contributed by atoms with van der Waals surface area (Å²) in [5.74, 6) is 2.01. The molecule has 0 saturated carbocycles. The highest BCUT2D eigenvalue weighted by molar-refractivity contribution is 5.84. The lowest BCUT2D eigenvalue weighted by molar-refractivity contribution is 0.460. The van der Waals surface area contributed by atoms with E-state index in [1.807, 2.05) is 58.9 Å². The first kappa shape index (κ1) is 23.1. The number of phenols is 3.